The minimum absolute atomic E-state index is 0.139. The first-order chi connectivity index (χ1) is 17.9. The van der Waals surface area contributed by atoms with Crippen LogP contribution in [0, 0.1) is 41.2 Å². The summed E-state index contributed by atoms with van der Waals surface area (Å²) in [4.78, 5) is 12.4. The van der Waals surface area contributed by atoms with Crippen LogP contribution < -0.4 is 0 Å². The van der Waals surface area contributed by atoms with Crippen LogP contribution in [0.25, 0.3) is 27.4 Å². The Hall–Kier alpha value is -4.56. The molecular weight excluding hydrogens is 492 g/mol. The first kappa shape index (κ1) is 25.1. The number of pyridine rings is 2. The lowest BCUT2D eigenvalue weighted by atomic mass is 9.75. The van der Waals surface area contributed by atoms with E-state index in [4.69, 9.17) is 6.57 Å². The number of nitriles is 1. The molecule has 8 heteroatoms. The zero-order valence-corrected chi connectivity index (χ0v) is 20.9. The number of hydrogen-bond donors (Lipinski definition) is 0. The van der Waals surface area contributed by atoms with Crippen LogP contribution in [0.1, 0.15) is 55.8 Å². The summed E-state index contributed by atoms with van der Waals surface area (Å²) < 4.78 is 62.4. The molecule has 5 rings (SSSR count). The highest BCUT2D eigenvalue weighted by Gasteiger charge is 2.37. The molecule has 0 radical (unpaired) electrons. The zero-order chi connectivity index (χ0) is 27.6. The van der Waals surface area contributed by atoms with Gasteiger partial charge in [-0.25, -0.2) is 22.4 Å². The fourth-order valence-corrected chi connectivity index (χ4v) is 4.88. The predicted octanol–water partition coefficient (Wildman–Crippen LogP) is 7.75. The highest BCUT2D eigenvalue weighted by atomic mass is 19.1. The van der Waals surface area contributed by atoms with Gasteiger partial charge in [-0.05, 0) is 55.8 Å². The number of halogens is 4. The summed E-state index contributed by atoms with van der Waals surface area (Å²) in [5, 5.41) is 9.64. The third kappa shape index (κ3) is 3.48. The summed E-state index contributed by atoms with van der Waals surface area (Å²) in [6, 6.07) is 13.9. The van der Waals surface area contributed by atoms with E-state index in [1.807, 2.05) is 13.8 Å². The lowest BCUT2D eigenvalue weighted by molar-refractivity contribution is 0.502. The second kappa shape index (κ2) is 8.49. The standard InChI is InChI=1S/C30H20F4N4/c1-29(2)18-12-15(24(31)17(14-35)25(18)32)20-8-6-10-22(37-20)30(3,4)23-11-7-9-21(38-23)16-13-19(29)27(34)28(36-5)26(16)33/h6-13H,1-4H3. The third-order valence-corrected chi connectivity index (χ3v) is 7.28. The molecule has 0 unspecified atom stereocenters. The first-order valence-electron chi connectivity index (χ1n) is 11.7. The van der Waals surface area contributed by atoms with Crippen molar-refractivity contribution in [2.24, 2.45) is 0 Å². The van der Waals surface area contributed by atoms with Crippen molar-refractivity contribution in [3.8, 4) is 28.6 Å². The number of aromatic nitrogens is 2. The molecule has 0 amide bonds. The van der Waals surface area contributed by atoms with Gasteiger partial charge in [0.1, 0.15) is 29.1 Å². The second-order valence-corrected chi connectivity index (χ2v) is 10.2. The SMILES string of the molecule is [C-]#[N+]c1c(F)c2cc(c1F)C(C)(C)c1cc(c(F)c(C#N)c1F)-c1cccc(n1)C(C)(C)c1cccc-2n1. The molecule has 8 bridgehead atoms. The van der Waals surface area contributed by atoms with E-state index in [-0.39, 0.29) is 33.6 Å². The number of benzene rings is 2. The fourth-order valence-electron chi connectivity index (χ4n) is 4.88. The normalized spacial score (nSPS) is 14.7. The molecule has 1 aliphatic rings. The smallest absolute Gasteiger partial charge is 0.252 e. The van der Waals surface area contributed by atoms with Gasteiger partial charge >= 0.3 is 0 Å². The summed E-state index contributed by atoms with van der Waals surface area (Å²) in [6.07, 6.45) is 0. The molecule has 4 aromatic rings. The van der Waals surface area contributed by atoms with Crippen molar-refractivity contribution in [2.45, 2.75) is 38.5 Å². The minimum Gasteiger partial charge on any atom is -0.252 e. The Morgan fingerprint density at radius 3 is 1.74 bits per heavy atom. The van der Waals surface area contributed by atoms with Crippen LogP contribution in [0.3, 0.4) is 0 Å². The van der Waals surface area contributed by atoms with E-state index in [2.05, 4.69) is 14.8 Å². The van der Waals surface area contributed by atoms with E-state index in [1.165, 1.54) is 32.0 Å². The quantitative estimate of drug-likeness (QED) is 0.179. The van der Waals surface area contributed by atoms with Gasteiger partial charge in [0.2, 0.25) is 0 Å². The van der Waals surface area contributed by atoms with Gasteiger partial charge in [0.25, 0.3) is 5.69 Å². The van der Waals surface area contributed by atoms with Crippen molar-refractivity contribution in [3.63, 3.8) is 0 Å². The van der Waals surface area contributed by atoms with E-state index in [1.54, 1.807) is 36.4 Å². The second-order valence-electron chi connectivity index (χ2n) is 10.2. The molecule has 0 fully saturated rings. The van der Waals surface area contributed by atoms with E-state index >= 15 is 17.6 Å². The monoisotopic (exact) mass is 512 g/mol. The Bertz CT molecular complexity index is 1620. The molecule has 188 valence electrons. The van der Waals surface area contributed by atoms with E-state index < -0.39 is 45.3 Å². The molecular formula is C30H20F4N4. The summed E-state index contributed by atoms with van der Waals surface area (Å²) in [5.74, 6) is -4.53. The summed E-state index contributed by atoms with van der Waals surface area (Å²) in [6.45, 7) is 14.1. The predicted molar refractivity (Wildman–Crippen MR) is 134 cm³/mol. The number of rotatable bonds is 0. The summed E-state index contributed by atoms with van der Waals surface area (Å²) in [7, 11) is 0. The molecule has 0 saturated carbocycles. The largest absolute Gasteiger partial charge is 0.257 e. The minimum atomic E-state index is -1.57. The third-order valence-electron chi connectivity index (χ3n) is 7.28. The van der Waals surface area contributed by atoms with Gasteiger partial charge in [-0.15, -0.1) is 0 Å². The van der Waals surface area contributed by atoms with Crippen molar-refractivity contribution in [1.82, 2.24) is 9.97 Å². The Balaban J connectivity index is 2.02. The number of hydrogen-bond acceptors (Lipinski definition) is 3. The van der Waals surface area contributed by atoms with E-state index in [0.29, 0.717) is 11.4 Å². The van der Waals surface area contributed by atoms with Gasteiger partial charge < -0.3 is 0 Å². The van der Waals surface area contributed by atoms with Gasteiger partial charge in [0.05, 0.1) is 29.3 Å². The Morgan fingerprint density at radius 2 is 1.24 bits per heavy atom. The summed E-state index contributed by atoms with van der Waals surface area (Å²) >= 11 is 0. The van der Waals surface area contributed by atoms with E-state index in [0.717, 1.165) is 0 Å². The van der Waals surface area contributed by atoms with Gasteiger partial charge in [0, 0.05) is 27.5 Å². The maximum absolute atomic E-state index is 15.7. The molecule has 0 spiro atoms. The molecule has 2 aromatic heterocycles. The van der Waals surface area contributed by atoms with Gasteiger partial charge in [-0.1, -0.05) is 26.0 Å². The lowest BCUT2D eigenvalue weighted by Gasteiger charge is -2.30. The highest BCUT2D eigenvalue weighted by molar-refractivity contribution is 5.72. The topological polar surface area (TPSA) is 53.9 Å². The molecule has 4 nitrogen and oxygen atoms in total. The molecule has 38 heavy (non-hydrogen) atoms. The number of fused-ring (bicyclic) bond motifs is 10. The Kier molecular flexibility index (Phi) is 5.61. The fraction of sp³-hybridized carbons (Fsp3) is 0.200. The molecule has 0 saturated heterocycles. The van der Waals surface area contributed by atoms with Crippen molar-refractivity contribution in [1.29, 1.82) is 5.26 Å². The summed E-state index contributed by atoms with van der Waals surface area (Å²) in [5.41, 5.74) is -3.51. The van der Waals surface area contributed by atoms with Crippen molar-refractivity contribution >= 4 is 5.69 Å². The van der Waals surface area contributed by atoms with Gasteiger partial charge in [-0.3, -0.25) is 9.97 Å². The van der Waals surface area contributed by atoms with Crippen molar-refractivity contribution in [2.75, 3.05) is 0 Å². The molecule has 1 aliphatic heterocycles. The van der Waals surface area contributed by atoms with Gasteiger partial charge in [0.15, 0.2) is 5.82 Å². The van der Waals surface area contributed by atoms with Crippen molar-refractivity contribution < 1.29 is 17.6 Å². The molecule has 3 heterocycles. The van der Waals surface area contributed by atoms with Crippen LogP contribution in [-0.2, 0) is 10.8 Å². The molecule has 0 N–H and O–H groups in total. The van der Waals surface area contributed by atoms with E-state index in [9.17, 15) is 5.26 Å². The lowest BCUT2D eigenvalue weighted by Crippen LogP contribution is -2.25. The van der Waals surface area contributed by atoms with Crippen LogP contribution >= 0.6 is 0 Å². The molecule has 0 atom stereocenters. The maximum atomic E-state index is 15.7. The highest BCUT2D eigenvalue weighted by Crippen LogP contribution is 2.44. The Labute approximate surface area is 217 Å². The van der Waals surface area contributed by atoms with Crippen LogP contribution in [-0.4, -0.2) is 9.97 Å². The molecule has 0 aliphatic carbocycles. The van der Waals surface area contributed by atoms with Crippen LogP contribution in [0.15, 0.2) is 48.5 Å². The Morgan fingerprint density at radius 1 is 0.737 bits per heavy atom. The maximum Gasteiger partial charge on any atom is 0.257 e. The number of nitrogens with zero attached hydrogens (tertiary/aromatic N) is 4. The molecule has 2 aromatic carbocycles. The average Bonchev–Trinajstić information content (AvgIpc) is 2.89. The van der Waals surface area contributed by atoms with Gasteiger partial charge in [-0.2, -0.15) is 5.26 Å². The first-order valence-corrected chi connectivity index (χ1v) is 11.7. The van der Waals surface area contributed by atoms with Crippen LogP contribution in [0.5, 0.6) is 0 Å². The average molecular weight is 513 g/mol. The van der Waals surface area contributed by atoms with Crippen LogP contribution in [0.4, 0.5) is 23.2 Å². The van der Waals surface area contributed by atoms with Crippen LogP contribution in [0.2, 0.25) is 0 Å². The zero-order valence-electron chi connectivity index (χ0n) is 20.9. The van der Waals surface area contributed by atoms with Crippen molar-refractivity contribution in [3.05, 3.63) is 111 Å².